The Balaban J connectivity index is 2.03. The summed E-state index contributed by atoms with van der Waals surface area (Å²) in [5.74, 6) is 0.675. The fourth-order valence-corrected chi connectivity index (χ4v) is 4.88. The molecule has 208 valence electrons. The Kier molecular flexibility index (Phi) is 10.5. The summed E-state index contributed by atoms with van der Waals surface area (Å²) in [6, 6.07) is 4.71. The van der Waals surface area contributed by atoms with Gasteiger partial charge in [0.05, 0.1) is 44.0 Å². The summed E-state index contributed by atoms with van der Waals surface area (Å²) in [6.45, 7) is 6.06. The third-order valence-electron chi connectivity index (χ3n) is 5.68. The number of pyridine rings is 1. The quantitative estimate of drug-likeness (QED) is 0.298. The Morgan fingerprint density at radius 2 is 1.79 bits per heavy atom. The van der Waals surface area contributed by atoms with E-state index in [4.69, 9.17) is 18.9 Å². The first-order valence-electron chi connectivity index (χ1n) is 12.1. The molecule has 3 rings (SSSR count). The highest BCUT2D eigenvalue weighted by molar-refractivity contribution is 7.93. The Bertz CT molecular complexity index is 1260. The highest BCUT2D eigenvalue weighted by Gasteiger charge is 2.35. The van der Waals surface area contributed by atoms with Gasteiger partial charge in [0.25, 0.3) is 0 Å². The van der Waals surface area contributed by atoms with Gasteiger partial charge >= 0.3 is 0 Å². The second kappa shape index (κ2) is 13.6. The molecule has 14 heteroatoms. The lowest BCUT2D eigenvalue weighted by Crippen LogP contribution is -2.34. The van der Waals surface area contributed by atoms with Crippen LogP contribution in [0.4, 0.5) is 5.95 Å². The van der Waals surface area contributed by atoms with E-state index in [0.29, 0.717) is 41.8 Å². The zero-order chi connectivity index (χ0) is 27.7. The van der Waals surface area contributed by atoms with Crippen LogP contribution < -0.4 is 9.46 Å². The van der Waals surface area contributed by atoms with Crippen molar-refractivity contribution in [3.05, 3.63) is 42.0 Å². The number of nitrogens with zero attached hydrogens (tertiary/aromatic N) is 6. The van der Waals surface area contributed by atoms with Crippen molar-refractivity contribution in [1.29, 1.82) is 0 Å². The van der Waals surface area contributed by atoms with Crippen LogP contribution in [0.5, 0.6) is 5.88 Å². The van der Waals surface area contributed by atoms with Crippen molar-refractivity contribution in [2.45, 2.75) is 44.6 Å². The minimum Gasteiger partial charge on any atom is -0.481 e. The molecule has 3 heterocycles. The van der Waals surface area contributed by atoms with Crippen LogP contribution in [0, 0.1) is 6.92 Å². The van der Waals surface area contributed by atoms with E-state index in [0.717, 1.165) is 0 Å². The predicted octanol–water partition coefficient (Wildman–Crippen LogP) is 2.58. The molecule has 0 amide bonds. The summed E-state index contributed by atoms with van der Waals surface area (Å²) in [5.41, 5.74) is 1.57. The lowest BCUT2D eigenvalue weighted by Gasteiger charge is -2.25. The molecule has 0 saturated heterocycles. The number of aromatic nitrogens is 6. The van der Waals surface area contributed by atoms with E-state index in [1.165, 1.54) is 13.3 Å². The van der Waals surface area contributed by atoms with Gasteiger partial charge in [-0.05, 0) is 26.3 Å². The highest BCUT2D eigenvalue weighted by Crippen LogP contribution is 2.29. The van der Waals surface area contributed by atoms with E-state index in [1.807, 2.05) is 6.92 Å². The number of hydrogen-bond acceptors (Lipinski definition) is 11. The van der Waals surface area contributed by atoms with Crippen LogP contribution in [0.25, 0.3) is 11.5 Å². The number of sulfonamides is 1. The van der Waals surface area contributed by atoms with Gasteiger partial charge < -0.3 is 18.9 Å². The van der Waals surface area contributed by atoms with Crippen LogP contribution in [0.2, 0.25) is 0 Å². The van der Waals surface area contributed by atoms with Gasteiger partial charge in [-0.2, -0.15) is 0 Å². The normalized spacial score (nSPS) is 13.4. The van der Waals surface area contributed by atoms with Gasteiger partial charge in [0.15, 0.2) is 5.82 Å². The van der Waals surface area contributed by atoms with Gasteiger partial charge in [-0.1, -0.05) is 13.0 Å². The van der Waals surface area contributed by atoms with Crippen molar-refractivity contribution in [2.75, 3.05) is 45.9 Å². The summed E-state index contributed by atoms with van der Waals surface area (Å²) in [4.78, 5) is 13.1. The Morgan fingerprint density at radius 3 is 2.39 bits per heavy atom. The number of methoxy groups -OCH3 is 3. The number of anilines is 1. The van der Waals surface area contributed by atoms with E-state index < -0.39 is 27.4 Å². The van der Waals surface area contributed by atoms with Crippen molar-refractivity contribution < 1.29 is 27.4 Å². The number of ether oxygens (including phenoxy) is 4. The van der Waals surface area contributed by atoms with Crippen LogP contribution in [0.15, 0.2) is 30.6 Å². The number of aryl methyl sites for hydroxylation is 1. The number of nitrogens with one attached hydrogen (secondary N) is 1. The first-order valence-corrected chi connectivity index (χ1v) is 13.7. The van der Waals surface area contributed by atoms with Crippen molar-refractivity contribution in [1.82, 2.24) is 29.7 Å². The van der Waals surface area contributed by atoms with Crippen LogP contribution >= 0.6 is 0 Å². The molecular weight excluding hydrogens is 514 g/mol. The monoisotopic (exact) mass is 549 g/mol. The van der Waals surface area contributed by atoms with Gasteiger partial charge in [-0.25, -0.2) is 13.4 Å². The minimum atomic E-state index is -4.06. The predicted molar refractivity (Wildman–Crippen MR) is 140 cm³/mol. The first kappa shape index (κ1) is 29.4. The van der Waals surface area contributed by atoms with Crippen LogP contribution in [-0.4, -0.2) is 84.5 Å². The Labute approximate surface area is 223 Å². The summed E-state index contributed by atoms with van der Waals surface area (Å²) < 4.78 is 53.5. The van der Waals surface area contributed by atoms with Crippen molar-refractivity contribution in [3.8, 4) is 17.4 Å². The largest absolute Gasteiger partial charge is 0.481 e. The maximum Gasteiger partial charge on any atom is 0.240 e. The van der Waals surface area contributed by atoms with Crippen LogP contribution in [0.1, 0.15) is 43.8 Å². The average molecular weight is 550 g/mol. The van der Waals surface area contributed by atoms with E-state index in [9.17, 15) is 8.42 Å². The van der Waals surface area contributed by atoms with E-state index in [1.54, 1.807) is 57.0 Å². The number of rotatable bonds is 15. The molecular formula is C24H35N7O6S. The lowest BCUT2D eigenvalue weighted by atomic mass is 10.2. The summed E-state index contributed by atoms with van der Waals surface area (Å²) in [5, 5.41) is 7.38. The Morgan fingerprint density at radius 1 is 1.05 bits per heavy atom. The first-order chi connectivity index (χ1) is 18.2. The second-order valence-corrected chi connectivity index (χ2v) is 10.6. The zero-order valence-electron chi connectivity index (χ0n) is 22.5. The third kappa shape index (κ3) is 7.01. The summed E-state index contributed by atoms with van der Waals surface area (Å²) in [7, 11) is 0.529. The third-order valence-corrected chi connectivity index (χ3v) is 7.38. The molecule has 0 aliphatic heterocycles. The maximum absolute atomic E-state index is 13.7. The zero-order valence-corrected chi connectivity index (χ0v) is 23.3. The molecule has 0 aliphatic rings. The minimum absolute atomic E-state index is 0.0141. The molecule has 1 N–H and O–H groups in total. The van der Waals surface area contributed by atoms with Gasteiger partial charge in [0.2, 0.25) is 21.9 Å². The van der Waals surface area contributed by atoms with Crippen molar-refractivity contribution in [2.24, 2.45) is 0 Å². The topological polar surface area (TPSA) is 152 Å². The molecule has 0 unspecified atom stereocenters. The molecule has 0 fully saturated rings. The molecule has 2 atom stereocenters. The average Bonchev–Trinajstić information content (AvgIpc) is 3.32. The molecule has 13 nitrogen and oxygen atoms in total. The Hall–Kier alpha value is -3.20. The van der Waals surface area contributed by atoms with Crippen molar-refractivity contribution >= 4 is 16.0 Å². The van der Waals surface area contributed by atoms with E-state index in [2.05, 4.69) is 29.9 Å². The van der Waals surface area contributed by atoms with Gasteiger partial charge in [0, 0.05) is 33.1 Å². The fraction of sp³-hybridized carbons (Fsp3) is 0.542. The molecule has 0 bridgehead atoms. The number of hydrogen-bond donors (Lipinski definition) is 1. The summed E-state index contributed by atoms with van der Waals surface area (Å²) >= 11 is 0. The lowest BCUT2D eigenvalue weighted by molar-refractivity contribution is 0.0495. The molecule has 38 heavy (non-hydrogen) atoms. The van der Waals surface area contributed by atoms with Gasteiger partial charge in [-0.3, -0.25) is 19.3 Å². The van der Waals surface area contributed by atoms with Gasteiger partial charge in [0.1, 0.15) is 17.0 Å². The molecule has 0 aromatic carbocycles. The molecule has 0 aliphatic carbocycles. The second-order valence-electron chi connectivity index (χ2n) is 8.57. The van der Waals surface area contributed by atoms with Crippen LogP contribution in [0.3, 0.4) is 0 Å². The van der Waals surface area contributed by atoms with Gasteiger partial charge in [-0.15, -0.1) is 10.2 Å². The van der Waals surface area contributed by atoms with E-state index in [-0.39, 0.29) is 19.2 Å². The van der Waals surface area contributed by atoms with Crippen molar-refractivity contribution in [3.63, 3.8) is 0 Å². The van der Waals surface area contributed by atoms with E-state index >= 15 is 0 Å². The molecule has 0 saturated carbocycles. The summed E-state index contributed by atoms with van der Waals surface area (Å²) in [6.07, 6.45) is 2.96. The maximum atomic E-state index is 13.7. The SMILES string of the molecule is CCCO[C@@H](c1cnc(C)cn1)[C@H](C)S(=O)(=O)Nc1nnc(-c2cccc(OC)n2)n1C(COC)COC. The highest BCUT2D eigenvalue weighted by atomic mass is 32.2. The molecule has 3 aromatic heterocycles. The fourth-order valence-electron chi connectivity index (χ4n) is 3.76. The molecule has 0 radical (unpaired) electrons. The van der Waals surface area contributed by atoms with Crippen LogP contribution in [-0.2, 0) is 24.2 Å². The molecule has 3 aromatic rings. The standard InChI is InChI=1S/C24H35N7O6S/c1-7-11-37-22(20-13-25-16(2)12-26-20)17(3)38(32,33)30-24-29-28-23(19-9-8-10-21(27-19)36-6)31(24)18(14-34-4)15-35-5/h8-10,12-13,17-18,22H,7,11,14-15H2,1-6H3,(H,29,30)/t17-,22+/m0/s1. The molecule has 0 spiro atoms. The smallest absolute Gasteiger partial charge is 0.240 e.